The number of ether oxygens (including phenoxy) is 1. The summed E-state index contributed by atoms with van der Waals surface area (Å²) in [5.74, 6) is -0.436. The van der Waals surface area contributed by atoms with Gasteiger partial charge in [-0.05, 0) is 35.9 Å². The molecule has 7 nitrogen and oxygen atoms in total. The molecule has 2 N–H and O–H groups in total. The minimum atomic E-state index is -0.679. The Labute approximate surface area is 159 Å². The van der Waals surface area contributed by atoms with Gasteiger partial charge in [-0.1, -0.05) is 19.9 Å². The summed E-state index contributed by atoms with van der Waals surface area (Å²) in [7, 11) is 1.65. The minimum absolute atomic E-state index is 0.0811. The second kappa shape index (κ2) is 9.74. The number of hydrogen-bond acceptors (Lipinski definition) is 4. The molecule has 2 rings (SSSR count). The normalized spacial score (nSPS) is 12.0. The average molecular weight is 370 g/mol. The molecular formula is C20H26N4O3. The first-order chi connectivity index (χ1) is 13.0. The maximum absolute atomic E-state index is 12.7. The number of fused-ring (bicyclic) bond motifs is 1. The average Bonchev–Trinajstić information content (AvgIpc) is 3.05. The van der Waals surface area contributed by atoms with Crippen molar-refractivity contribution < 1.29 is 14.3 Å². The third-order valence-corrected chi connectivity index (χ3v) is 4.24. The topological polar surface area (TPSA) is 96.2 Å². The quantitative estimate of drug-likeness (QED) is 0.661. The lowest BCUT2D eigenvalue weighted by molar-refractivity contribution is -0.123. The Morgan fingerprint density at radius 3 is 2.74 bits per heavy atom. The van der Waals surface area contributed by atoms with Gasteiger partial charge in [0.15, 0.2) is 0 Å². The monoisotopic (exact) mass is 370 g/mol. The first-order valence-electron chi connectivity index (χ1n) is 8.99. The summed E-state index contributed by atoms with van der Waals surface area (Å²) in [5.41, 5.74) is 1.43. The Morgan fingerprint density at radius 1 is 1.30 bits per heavy atom. The van der Waals surface area contributed by atoms with Crippen LogP contribution in [0.5, 0.6) is 0 Å². The fourth-order valence-corrected chi connectivity index (χ4v) is 2.90. The molecular weight excluding hydrogens is 344 g/mol. The molecule has 2 aromatic rings. The second-order valence-corrected chi connectivity index (χ2v) is 6.81. The number of nitriles is 1. The molecule has 2 amide bonds. The summed E-state index contributed by atoms with van der Waals surface area (Å²) in [4.78, 5) is 25.0. The number of nitrogens with zero attached hydrogens (tertiary/aromatic N) is 2. The molecule has 0 radical (unpaired) electrons. The summed E-state index contributed by atoms with van der Waals surface area (Å²) >= 11 is 0. The van der Waals surface area contributed by atoms with E-state index in [9.17, 15) is 9.59 Å². The van der Waals surface area contributed by atoms with Crippen molar-refractivity contribution in [2.45, 2.75) is 32.9 Å². The Hall–Kier alpha value is -2.85. The van der Waals surface area contributed by atoms with E-state index < -0.39 is 6.04 Å². The zero-order valence-corrected chi connectivity index (χ0v) is 16.0. The summed E-state index contributed by atoms with van der Waals surface area (Å²) in [6, 6.07) is 8.64. The Balaban J connectivity index is 2.18. The molecule has 27 heavy (non-hydrogen) atoms. The number of amides is 2. The highest BCUT2D eigenvalue weighted by Crippen LogP contribution is 2.18. The van der Waals surface area contributed by atoms with Crippen LogP contribution in [0, 0.1) is 17.2 Å². The molecule has 0 fully saturated rings. The van der Waals surface area contributed by atoms with Crippen molar-refractivity contribution >= 4 is 22.7 Å². The van der Waals surface area contributed by atoms with Gasteiger partial charge in [0.1, 0.15) is 12.6 Å². The van der Waals surface area contributed by atoms with E-state index in [-0.39, 0.29) is 24.3 Å². The maximum atomic E-state index is 12.7. The molecule has 7 heteroatoms. The van der Waals surface area contributed by atoms with Crippen molar-refractivity contribution in [1.82, 2.24) is 15.2 Å². The lowest BCUT2D eigenvalue weighted by Gasteiger charge is -2.19. The number of methoxy groups -OCH3 is 1. The molecule has 0 aliphatic heterocycles. The summed E-state index contributed by atoms with van der Waals surface area (Å²) < 4.78 is 7.15. The number of carbonyl (C=O) groups excluding carboxylic acids is 2. The van der Waals surface area contributed by atoms with Crippen molar-refractivity contribution in [2.75, 3.05) is 20.3 Å². The standard InChI is InChI=1S/C20H26N4O3/c1-14(2)12-17(20(26)22-8-7-21)23-19(25)16-5-4-15-6-9-24(10-11-27-3)18(15)13-16/h4-6,9,13-14,17H,8,10-12H2,1-3H3,(H,22,26)(H,23,25). The van der Waals surface area contributed by atoms with E-state index in [1.165, 1.54) is 0 Å². The third kappa shape index (κ3) is 5.56. The van der Waals surface area contributed by atoms with E-state index >= 15 is 0 Å². The van der Waals surface area contributed by atoms with E-state index in [1.54, 1.807) is 13.2 Å². The Kier molecular flexibility index (Phi) is 7.38. The van der Waals surface area contributed by atoms with Crippen LogP contribution in [0.4, 0.5) is 0 Å². The van der Waals surface area contributed by atoms with Crippen LogP contribution in [0.1, 0.15) is 30.6 Å². The van der Waals surface area contributed by atoms with Crippen molar-refractivity contribution in [2.24, 2.45) is 5.92 Å². The predicted molar refractivity (Wildman–Crippen MR) is 103 cm³/mol. The van der Waals surface area contributed by atoms with Gasteiger partial charge < -0.3 is 19.9 Å². The molecule has 0 aliphatic rings. The number of rotatable bonds is 9. The van der Waals surface area contributed by atoms with Crippen molar-refractivity contribution in [3.05, 3.63) is 36.0 Å². The number of benzene rings is 1. The first kappa shape index (κ1) is 20.5. The van der Waals surface area contributed by atoms with Gasteiger partial charge in [0.2, 0.25) is 5.91 Å². The highest BCUT2D eigenvalue weighted by Gasteiger charge is 2.22. The maximum Gasteiger partial charge on any atom is 0.252 e. The number of nitrogens with one attached hydrogen (secondary N) is 2. The zero-order chi connectivity index (χ0) is 19.8. The molecule has 1 unspecified atom stereocenters. The SMILES string of the molecule is COCCn1ccc2ccc(C(=O)NC(CC(C)C)C(=O)NCC#N)cc21. The van der Waals surface area contributed by atoms with Crippen molar-refractivity contribution in [3.8, 4) is 6.07 Å². The first-order valence-corrected chi connectivity index (χ1v) is 8.99. The Morgan fingerprint density at radius 2 is 2.07 bits per heavy atom. The number of carbonyl (C=O) groups is 2. The van der Waals surface area contributed by atoms with Crippen LogP contribution in [0.15, 0.2) is 30.5 Å². The predicted octanol–water partition coefficient (Wildman–Crippen LogP) is 2.07. The fraction of sp³-hybridized carbons (Fsp3) is 0.450. The van der Waals surface area contributed by atoms with Crippen LogP contribution in [-0.4, -0.2) is 42.7 Å². The van der Waals surface area contributed by atoms with Crippen LogP contribution in [0.3, 0.4) is 0 Å². The largest absolute Gasteiger partial charge is 0.383 e. The Bertz CT molecular complexity index is 835. The van der Waals surface area contributed by atoms with Crippen LogP contribution < -0.4 is 10.6 Å². The van der Waals surface area contributed by atoms with Gasteiger partial charge in [0.25, 0.3) is 5.91 Å². The second-order valence-electron chi connectivity index (χ2n) is 6.81. The van der Waals surface area contributed by atoms with Gasteiger partial charge in [-0.15, -0.1) is 0 Å². The van der Waals surface area contributed by atoms with Crippen LogP contribution in [0.25, 0.3) is 10.9 Å². The molecule has 1 aromatic carbocycles. The highest BCUT2D eigenvalue weighted by molar-refractivity contribution is 6.00. The van der Waals surface area contributed by atoms with Crippen LogP contribution in [0.2, 0.25) is 0 Å². The van der Waals surface area contributed by atoms with E-state index in [4.69, 9.17) is 10.00 Å². The number of aromatic nitrogens is 1. The zero-order valence-electron chi connectivity index (χ0n) is 16.0. The van der Waals surface area contributed by atoms with Gasteiger partial charge in [-0.25, -0.2) is 0 Å². The highest BCUT2D eigenvalue weighted by atomic mass is 16.5. The minimum Gasteiger partial charge on any atom is -0.383 e. The van der Waals surface area contributed by atoms with Gasteiger partial charge in [0.05, 0.1) is 12.7 Å². The third-order valence-electron chi connectivity index (χ3n) is 4.24. The van der Waals surface area contributed by atoms with E-state index in [0.717, 1.165) is 10.9 Å². The molecule has 144 valence electrons. The summed E-state index contributed by atoms with van der Waals surface area (Å²) in [6.45, 7) is 5.15. The van der Waals surface area contributed by atoms with Gasteiger partial charge in [-0.2, -0.15) is 5.26 Å². The molecule has 1 heterocycles. The molecule has 0 spiro atoms. The molecule has 0 saturated heterocycles. The van der Waals surface area contributed by atoms with E-state index in [2.05, 4.69) is 10.6 Å². The molecule has 1 aromatic heterocycles. The van der Waals surface area contributed by atoms with E-state index in [1.807, 2.05) is 48.9 Å². The molecule has 0 saturated carbocycles. The van der Waals surface area contributed by atoms with Crippen molar-refractivity contribution in [1.29, 1.82) is 5.26 Å². The van der Waals surface area contributed by atoms with Gasteiger partial charge >= 0.3 is 0 Å². The summed E-state index contributed by atoms with van der Waals surface area (Å²) in [6.07, 6.45) is 2.46. The molecule has 0 aliphatic carbocycles. The number of hydrogen-bond donors (Lipinski definition) is 2. The van der Waals surface area contributed by atoms with Crippen LogP contribution >= 0.6 is 0 Å². The lowest BCUT2D eigenvalue weighted by atomic mass is 10.0. The van der Waals surface area contributed by atoms with E-state index in [0.29, 0.717) is 25.1 Å². The summed E-state index contributed by atoms with van der Waals surface area (Å²) in [5, 5.41) is 15.0. The smallest absolute Gasteiger partial charge is 0.252 e. The molecule has 0 bridgehead atoms. The van der Waals surface area contributed by atoms with Gasteiger partial charge in [0, 0.05) is 30.9 Å². The fourth-order valence-electron chi connectivity index (χ4n) is 2.90. The molecule has 1 atom stereocenters. The lowest BCUT2D eigenvalue weighted by Crippen LogP contribution is -2.47. The van der Waals surface area contributed by atoms with Crippen LogP contribution in [-0.2, 0) is 16.1 Å². The van der Waals surface area contributed by atoms with Crippen molar-refractivity contribution in [3.63, 3.8) is 0 Å². The van der Waals surface area contributed by atoms with Gasteiger partial charge in [-0.3, -0.25) is 9.59 Å².